The molecule has 0 radical (unpaired) electrons. The molecule has 9 heavy (non-hydrogen) atoms. The third kappa shape index (κ3) is 8.21. The predicted molar refractivity (Wildman–Crippen MR) is 31.6 cm³/mol. The third-order valence-electron chi connectivity index (χ3n) is 0.621. The molecule has 0 saturated heterocycles. The molecule has 0 bridgehead atoms. The van der Waals surface area contributed by atoms with Crippen LogP contribution in [-0.2, 0) is 9.26 Å². The molecule has 0 saturated carbocycles. The Balaban J connectivity index is 2.75. The van der Waals surface area contributed by atoms with Crippen LogP contribution in [0, 0.1) is 0 Å². The third-order valence-corrected chi connectivity index (χ3v) is 0.998. The summed E-state index contributed by atoms with van der Waals surface area (Å²) in [6.07, 6.45) is 0. The second-order valence-electron chi connectivity index (χ2n) is 1.23. The van der Waals surface area contributed by atoms with E-state index in [1.54, 1.807) is 6.92 Å². The molecule has 0 spiro atoms. The Bertz CT molecular complexity index is 62.5. The molecule has 0 fully saturated rings. The van der Waals surface area contributed by atoms with Crippen LogP contribution >= 0.6 is 8.77 Å². The maximum atomic E-state index is 11.2. The van der Waals surface area contributed by atoms with Crippen LogP contribution in [0.4, 0.5) is 8.39 Å². The van der Waals surface area contributed by atoms with Gasteiger partial charge in [0, 0.05) is 6.61 Å². The molecule has 0 aromatic rings. The molecule has 0 aromatic carbocycles. The summed E-state index contributed by atoms with van der Waals surface area (Å²) in [5.74, 6) is 0. The molecule has 0 aliphatic rings. The van der Waals surface area contributed by atoms with E-state index >= 15 is 0 Å². The number of halogens is 2. The van der Waals surface area contributed by atoms with E-state index in [1.807, 2.05) is 0 Å². The molecule has 2 nitrogen and oxygen atoms in total. The zero-order valence-electron chi connectivity index (χ0n) is 5.14. The second kappa shape index (κ2) is 6.33. The lowest BCUT2D eigenvalue weighted by molar-refractivity contribution is 0.110. The Morgan fingerprint density at radius 2 is 2.00 bits per heavy atom. The van der Waals surface area contributed by atoms with Crippen molar-refractivity contribution in [1.29, 1.82) is 0 Å². The van der Waals surface area contributed by atoms with Crippen molar-refractivity contribution in [3.8, 4) is 0 Å². The van der Waals surface area contributed by atoms with Gasteiger partial charge in [0.05, 0.1) is 13.2 Å². The molecule has 0 aliphatic carbocycles. The summed E-state index contributed by atoms with van der Waals surface area (Å²) >= 11 is 0. The van der Waals surface area contributed by atoms with E-state index < -0.39 is 8.77 Å². The van der Waals surface area contributed by atoms with E-state index in [-0.39, 0.29) is 13.2 Å². The minimum absolute atomic E-state index is 0.00740. The van der Waals surface area contributed by atoms with Crippen LogP contribution in [0.25, 0.3) is 0 Å². The molecule has 0 unspecified atom stereocenters. The van der Waals surface area contributed by atoms with Crippen molar-refractivity contribution in [2.24, 2.45) is 0 Å². The lowest BCUT2D eigenvalue weighted by atomic mass is 10.8. The lowest BCUT2D eigenvalue weighted by Gasteiger charge is -1.99. The van der Waals surface area contributed by atoms with Gasteiger partial charge in [-0.25, -0.2) is 0 Å². The van der Waals surface area contributed by atoms with Crippen molar-refractivity contribution in [1.82, 2.24) is 0 Å². The van der Waals surface area contributed by atoms with Crippen molar-refractivity contribution < 1.29 is 17.7 Å². The smallest absolute Gasteiger partial charge is 0.379 e. The molecule has 0 heterocycles. The monoisotopic (exact) mass is 158 g/mol. The number of rotatable bonds is 5. The largest absolute Gasteiger partial charge is 0.415 e. The topological polar surface area (TPSA) is 18.5 Å². The fourth-order valence-electron chi connectivity index (χ4n) is 0.310. The number of hydrogen-bond donors (Lipinski definition) is 0. The Kier molecular flexibility index (Phi) is 6.48. The van der Waals surface area contributed by atoms with Gasteiger partial charge < -0.3 is 9.26 Å². The van der Waals surface area contributed by atoms with Gasteiger partial charge in [-0.3, -0.25) is 0 Å². The summed E-state index contributed by atoms with van der Waals surface area (Å²) in [5.41, 5.74) is 0. The first kappa shape index (κ1) is 9.21. The van der Waals surface area contributed by atoms with Crippen molar-refractivity contribution in [2.45, 2.75) is 6.92 Å². The Morgan fingerprint density at radius 3 is 2.44 bits per heavy atom. The molecular formula is C4H9F2O2P. The van der Waals surface area contributed by atoms with Crippen LogP contribution < -0.4 is 0 Å². The van der Waals surface area contributed by atoms with Gasteiger partial charge in [-0.15, -0.1) is 0 Å². The second-order valence-corrected chi connectivity index (χ2v) is 1.89. The summed E-state index contributed by atoms with van der Waals surface area (Å²) < 4.78 is 31.2. The van der Waals surface area contributed by atoms with Crippen molar-refractivity contribution in [3.63, 3.8) is 0 Å². The highest BCUT2D eigenvalue weighted by Gasteiger charge is 2.02. The van der Waals surface area contributed by atoms with Gasteiger partial charge in [-0.05, 0) is 6.92 Å². The maximum absolute atomic E-state index is 11.2. The first-order chi connectivity index (χ1) is 4.27. The summed E-state index contributed by atoms with van der Waals surface area (Å²) in [6, 6.07) is 0. The van der Waals surface area contributed by atoms with Gasteiger partial charge in [0.15, 0.2) is 0 Å². The fraction of sp³-hybridized carbons (Fsp3) is 1.00. The highest BCUT2D eigenvalue weighted by molar-refractivity contribution is 7.40. The highest BCUT2D eigenvalue weighted by Crippen LogP contribution is 2.39. The van der Waals surface area contributed by atoms with Gasteiger partial charge in [0.2, 0.25) is 0 Å². The van der Waals surface area contributed by atoms with E-state index in [9.17, 15) is 8.39 Å². The summed E-state index contributed by atoms with van der Waals surface area (Å²) in [5, 5.41) is 0. The maximum Gasteiger partial charge on any atom is 0.415 e. The zero-order valence-corrected chi connectivity index (χ0v) is 6.04. The Morgan fingerprint density at radius 1 is 1.33 bits per heavy atom. The Hall–Kier alpha value is 0.210. The molecule has 0 aliphatic heterocycles. The summed E-state index contributed by atoms with van der Waals surface area (Å²) in [7, 11) is -3.20. The molecular weight excluding hydrogens is 149 g/mol. The first-order valence-corrected chi connectivity index (χ1v) is 3.64. The van der Waals surface area contributed by atoms with E-state index in [4.69, 9.17) is 4.74 Å². The van der Waals surface area contributed by atoms with Gasteiger partial charge >= 0.3 is 8.77 Å². The lowest BCUT2D eigenvalue weighted by Crippen LogP contribution is -1.99. The predicted octanol–water partition coefficient (Wildman–Crippen LogP) is 2.21. The van der Waals surface area contributed by atoms with Crippen molar-refractivity contribution in [3.05, 3.63) is 0 Å². The van der Waals surface area contributed by atoms with Crippen LogP contribution in [0.2, 0.25) is 0 Å². The summed E-state index contributed by atoms with van der Waals surface area (Å²) in [6.45, 7) is 2.59. The highest BCUT2D eigenvalue weighted by atomic mass is 31.2. The van der Waals surface area contributed by atoms with Crippen molar-refractivity contribution in [2.75, 3.05) is 19.8 Å². The molecule has 0 rings (SSSR count). The van der Waals surface area contributed by atoms with E-state index in [1.165, 1.54) is 0 Å². The fourth-order valence-corrected chi connectivity index (χ4v) is 0.522. The average molecular weight is 158 g/mol. The van der Waals surface area contributed by atoms with Crippen LogP contribution in [0.3, 0.4) is 0 Å². The van der Waals surface area contributed by atoms with E-state index in [0.717, 1.165) is 0 Å². The molecule has 0 amide bonds. The normalized spacial score (nSPS) is 10.7. The van der Waals surface area contributed by atoms with Gasteiger partial charge in [0.1, 0.15) is 0 Å². The minimum atomic E-state index is -3.20. The van der Waals surface area contributed by atoms with Gasteiger partial charge in [0.25, 0.3) is 0 Å². The van der Waals surface area contributed by atoms with Crippen LogP contribution in [0.5, 0.6) is 0 Å². The quantitative estimate of drug-likeness (QED) is 0.451. The van der Waals surface area contributed by atoms with Crippen LogP contribution in [-0.4, -0.2) is 19.8 Å². The average Bonchev–Trinajstić information content (AvgIpc) is 1.80. The van der Waals surface area contributed by atoms with Crippen molar-refractivity contribution >= 4 is 8.77 Å². The zero-order chi connectivity index (χ0) is 7.11. The number of hydrogen-bond acceptors (Lipinski definition) is 2. The summed E-state index contributed by atoms with van der Waals surface area (Å²) in [4.78, 5) is 0. The molecule has 0 atom stereocenters. The van der Waals surface area contributed by atoms with Crippen LogP contribution in [0.1, 0.15) is 6.92 Å². The SMILES string of the molecule is CCOCCOP(F)F. The van der Waals surface area contributed by atoms with Gasteiger partial charge in [-0.1, -0.05) is 0 Å². The van der Waals surface area contributed by atoms with E-state index in [0.29, 0.717) is 6.61 Å². The standard InChI is InChI=1S/C4H9F2O2P/c1-2-7-3-4-8-9(5)6/h2-4H2,1H3. The molecule has 5 heteroatoms. The van der Waals surface area contributed by atoms with Crippen LogP contribution in [0.15, 0.2) is 0 Å². The number of ether oxygens (including phenoxy) is 1. The molecule has 0 aromatic heterocycles. The van der Waals surface area contributed by atoms with Gasteiger partial charge in [-0.2, -0.15) is 8.39 Å². The minimum Gasteiger partial charge on any atom is -0.379 e. The Labute approximate surface area is 54.2 Å². The van der Waals surface area contributed by atoms with E-state index in [2.05, 4.69) is 4.52 Å². The first-order valence-electron chi connectivity index (χ1n) is 2.59. The molecule has 56 valence electrons. The molecule has 0 N–H and O–H groups in total.